The number of carbonyl (C=O) groups excluding carboxylic acids is 1. The Hall–Kier alpha value is -2.43. The van der Waals surface area contributed by atoms with Crippen LogP contribution in [0.4, 0.5) is 0 Å². The lowest BCUT2D eigenvalue weighted by atomic mass is 10.0. The highest BCUT2D eigenvalue weighted by Gasteiger charge is 2.33. The summed E-state index contributed by atoms with van der Waals surface area (Å²) in [7, 11) is 0. The Bertz CT molecular complexity index is 620. The molecule has 0 spiro atoms. The molecule has 0 aliphatic carbocycles. The van der Waals surface area contributed by atoms with Gasteiger partial charge in [-0.1, -0.05) is 13.0 Å². The van der Waals surface area contributed by atoms with Gasteiger partial charge in [-0.2, -0.15) is 5.10 Å². The van der Waals surface area contributed by atoms with E-state index in [1.807, 2.05) is 31.2 Å². The fourth-order valence-corrected chi connectivity index (χ4v) is 2.31. The maximum Gasteiger partial charge on any atom is 0.243 e. The van der Waals surface area contributed by atoms with Gasteiger partial charge in [0.1, 0.15) is 11.8 Å². The lowest BCUT2D eigenvalue weighted by molar-refractivity contribution is -0.133. The van der Waals surface area contributed by atoms with E-state index < -0.39 is 0 Å². The summed E-state index contributed by atoms with van der Waals surface area (Å²) in [6, 6.07) is 7.36. The average Bonchev–Trinajstić information content (AvgIpc) is 3.16. The first-order chi connectivity index (χ1) is 9.79. The molecule has 1 atom stereocenters. The molecule has 0 bridgehead atoms. The summed E-state index contributed by atoms with van der Waals surface area (Å²) in [5, 5.41) is 6.00. The van der Waals surface area contributed by atoms with Crippen molar-refractivity contribution in [2.24, 2.45) is 5.10 Å². The second-order valence-corrected chi connectivity index (χ2v) is 4.62. The van der Waals surface area contributed by atoms with E-state index in [0.717, 1.165) is 17.0 Å². The van der Waals surface area contributed by atoms with Crippen LogP contribution in [0.2, 0.25) is 0 Å². The van der Waals surface area contributed by atoms with Crippen LogP contribution >= 0.6 is 0 Å². The van der Waals surface area contributed by atoms with Gasteiger partial charge in [0.25, 0.3) is 0 Å². The summed E-state index contributed by atoms with van der Waals surface area (Å²) >= 11 is 0. The fraction of sp³-hybridized carbons (Fsp3) is 0.267. The first kappa shape index (κ1) is 12.6. The van der Waals surface area contributed by atoms with Crippen molar-refractivity contribution in [2.75, 3.05) is 0 Å². The van der Waals surface area contributed by atoms with Gasteiger partial charge in [-0.05, 0) is 18.2 Å². The van der Waals surface area contributed by atoms with Crippen LogP contribution in [0.15, 0.2) is 52.4 Å². The summed E-state index contributed by atoms with van der Waals surface area (Å²) in [6.45, 7) is 1.83. The Balaban J connectivity index is 1.93. The van der Waals surface area contributed by atoms with E-state index in [1.165, 1.54) is 5.01 Å². The largest absolute Gasteiger partial charge is 0.467 e. The zero-order valence-electron chi connectivity index (χ0n) is 11.2. The number of furan rings is 1. The smallest absolute Gasteiger partial charge is 0.243 e. The molecule has 5 heteroatoms. The van der Waals surface area contributed by atoms with Gasteiger partial charge in [0.2, 0.25) is 5.91 Å². The monoisotopic (exact) mass is 269 g/mol. The maximum absolute atomic E-state index is 12.1. The second kappa shape index (κ2) is 5.28. The van der Waals surface area contributed by atoms with Crippen molar-refractivity contribution in [1.82, 2.24) is 9.99 Å². The van der Waals surface area contributed by atoms with E-state index in [9.17, 15) is 4.79 Å². The molecular formula is C15H15N3O2. The molecule has 0 aromatic carbocycles. The van der Waals surface area contributed by atoms with Gasteiger partial charge in [-0.25, -0.2) is 5.01 Å². The van der Waals surface area contributed by atoms with Crippen LogP contribution in [-0.4, -0.2) is 21.6 Å². The lowest BCUT2D eigenvalue weighted by Crippen LogP contribution is -2.25. The van der Waals surface area contributed by atoms with E-state index in [2.05, 4.69) is 10.1 Å². The fourth-order valence-electron chi connectivity index (χ4n) is 2.31. The van der Waals surface area contributed by atoms with Crippen molar-refractivity contribution in [2.45, 2.75) is 25.8 Å². The molecule has 102 valence electrons. The summed E-state index contributed by atoms with van der Waals surface area (Å²) in [4.78, 5) is 16.2. The Morgan fingerprint density at radius 1 is 1.45 bits per heavy atom. The number of hydrogen-bond acceptors (Lipinski definition) is 4. The van der Waals surface area contributed by atoms with Crippen LogP contribution < -0.4 is 0 Å². The van der Waals surface area contributed by atoms with E-state index in [4.69, 9.17) is 4.42 Å². The van der Waals surface area contributed by atoms with Gasteiger partial charge >= 0.3 is 0 Å². The molecule has 5 nitrogen and oxygen atoms in total. The second-order valence-electron chi connectivity index (χ2n) is 4.62. The third-order valence-corrected chi connectivity index (χ3v) is 3.33. The number of hydrogen-bond donors (Lipinski definition) is 0. The maximum atomic E-state index is 12.1. The highest BCUT2D eigenvalue weighted by Crippen LogP contribution is 2.33. The molecule has 1 amide bonds. The van der Waals surface area contributed by atoms with Gasteiger partial charge in [0.05, 0.1) is 12.0 Å². The van der Waals surface area contributed by atoms with Gasteiger partial charge in [0.15, 0.2) is 0 Å². The summed E-state index contributed by atoms with van der Waals surface area (Å²) in [5.41, 5.74) is 1.80. The van der Waals surface area contributed by atoms with Gasteiger partial charge in [0, 0.05) is 30.8 Å². The van der Waals surface area contributed by atoms with Crippen molar-refractivity contribution in [3.05, 3.63) is 54.2 Å². The first-order valence-electron chi connectivity index (χ1n) is 6.63. The van der Waals surface area contributed by atoms with Crippen molar-refractivity contribution in [3.8, 4) is 0 Å². The van der Waals surface area contributed by atoms with Gasteiger partial charge < -0.3 is 4.42 Å². The minimum Gasteiger partial charge on any atom is -0.467 e. The third kappa shape index (κ3) is 2.22. The van der Waals surface area contributed by atoms with Crippen LogP contribution in [0.5, 0.6) is 0 Å². The molecule has 0 saturated heterocycles. The predicted molar refractivity (Wildman–Crippen MR) is 74.0 cm³/mol. The molecule has 0 radical (unpaired) electrons. The van der Waals surface area contributed by atoms with Crippen LogP contribution in [0.1, 0.15) is 37.1 Å². The lowest BCUT2D eigenvalue weighted by Gasteiger charge is -2.18. The normalized spacial score (nSPS) is 18.1. The Labute approximate surface area is 116 Å². The number of rotatable bonds is 3. The molecule has 0 fully saturated rings. The minimum atomic E-state index is -0.160. The summed E-state index contributed by atoms with van der Waals surface area (Å²) in [6.07, 6.45) is 6.16. The Morgan fingerprint density at radius 3 is 3.00 bits per heavy atom. The minimum absolute atomic E-state index is 0.00899. The third-order valence-electron chi connectivity index (χ3n) is 3.33. The molecule has 1 aliphatic rings. The van der Waals surface area contributed by atoms with Crippen molar-refractivity contribution < 1.29 is 9.21 Å². The van der Waals surface area contributed by atoms with Crippen LogP contribution in [0.25, 0.3) is 0 Å². The van der Waals surface area contributed by atoms with Crippen LogP contribution in [0.3, 0.4) is 0 Å². The number of carbonyl (C=O) groups is 1. The average molecular weight is 269 g/mol. The SMILES string of the molecule is CCC(=O)N1N=C(c2cccnc2)CC1c1ccco1. The highest BCUT2D eigenvalue weighted by molar-refractivity contribution is 6.02. The van der Waals surface area contributed by atoms with Gasteiger partial charge in [-0.15, -0.1) is 0 Å². The zero-order valence-corrected chi connectivity index (χ0v) is 11.2. The number of nitrogens with zero attached hydrogens (tertiary/aromatic N) is 3. The molecule has 3 heterocycles. The Morgan fingerprint density at radius 2 is 2.35 bits per heavy atom. The van der Waals surface area contributed by atoms with E-state index >= 15 is 0 Å². The number of amides is 1. The van der Waals surface area contributed by atoms with Crippen molar-refractivity contribution in [1.29, 1.82) is 0 Å². The highest BCUT2D eigenvalue weighted by atomic mass is 16.3. The van der Waals surface area contributed by atoms with Crippen LogP contribution in [-0.2, 0) is 4.79 Å². The van der Waals surface area contributed by atoms with E-state index in [-0.39, 0.29) is 11.9 Å². The molecule has 20 heavy (non-hydrogen) atoms. The van der Waals surface area contributed by atoms with E-state index in [1.54, 1.807) is 18.7 Å². The first-order valence-corrected chi connectivity index (χ1v) is 6.63. The standard InChI is InChI=1S/C15H15N3O2/c1-2-15(19)18-13(14-6-4-8-20-14)9-12(17-18)11-5-3-7-16-10-11/h3-8,10,13H,2,9H2,1H3. The molecular weight excluding hydrogens is 254 g/mol. The van der Waals surface area contributed by atoms with Gasteiger partial charge in [-0.3, -0.25) is 9.78 Å². The molecule has 2 aromatic rings. The molecule has 0 saturated carbocycles. The quantitative estimate of drug-likeness (QED) is 0.860. The van der Waals surface area contributed by atoms with Crippen molar-refractivity contribution >= 4 is 11.6 Å². The molecule has 3 rings (SSSR count). The zero-order chi connectivity index (χ0) is 13.9. The van der Waals surface area contributed by atoms with Crippen molar-refractivity contribution in [3.63, 3.8) is 0 Å². The number of hydrazone groups is 1. The predicted octanol–water partition coefficient (Wildman–Crippen LogP) is 2.76. The molecule has 1 unspecified atom stereocenters. The molecule has 2 aromatic heterocycles. The molecule has 0 N–H and O–H groups in total. The summed E-state index contributed by atoms with van der Waals surface area (Å²) in [5.74, 6) is 0.750. The van der Waals surface area contributed by atoms with E-state index in [0.29, 0.717) is 12.8 Å². The number of aromatic nitrogens is 1. The number of pyridine rings is 1. The Kier molecular flexibility index (Phi) is 3.33. The molecule has 1 aliphatic heterocycles. The summed E-state index contributed by atoms with van der Waals surface area (Å²) < 4.78 is 5.44. The topological polar surface area (TPSA) is 58.7 Å². The van der Waals surface area contributed by atoms with Crippen LogP contribution in [0, 0.1) is 0 Å².